The zero-order valence-electron chi connectivity index (χ0n) is 22.5. The number of nitrogens with zero attached hydrogens (tertiary/aromatic N) is 1. The zero-order valence-corrected chi connectivity index (χ0v) is 22.5. The molecule has 0 spiro atoms. The number of fused-ring (bicyclic) bond motifs is 2. The van der Waals surface area contributed by atoms with Gasteiger partial charge in [-0.1, -0.05) is 41.6 Å². The summed E-state index contributed by atoms with van der Waals surface area (Å²) in [5.74, 6) is -0.704. The van der Waals surface area contributed by atoms with Gasteiger partial charge >= 0.3 is 18.3 Å². The Kier molecular flexibility index (Phi) is 7.10. The summed E-state index contributed by atoms with van der Waals surface area (Å²) in [6.45, 7) is 0.322. The van der Waals surface area contributed by atoms with Gasteiger partial charge in [-0.05, 0) is 47.2 Å². The lowest BCUT2D eigenvalue weighted by atomic mass is 9.90. The number of alkyl halides is 6. The average molecular weight is 604 g/mol. The van der Waals surface area contributed by atoms with Crippen molar-refractivity contribution in [1.82, 2.24) is 5.16 Å². The van der Waals surface area contributed by atoms with Crippen LogP contribution in [0.4, 0.5) is 26.3 Å². The molecule has 3 aromatic carbocycles. The number of ether oxygens (including phenoxy) is 3. The fourth-order valence-electron chi connectivity index (χ4n) is 5.65. The molecule has 1 unspecified atom stereocenters. The first-order valence-electron chi connectivity index (χ1n) is 13.3. The van der Waals surface area contributed by atoms with Crippen LogP contribution in [0.2, 0.25) is 0 Å². The van der Waals surface area contributed by atoms with Crippen LogP contribution in [0, 0.1) is 0 Å². The van der Waals surface area contributed by atoms with Gasteiger partial charge in [0.25, 0.3) is 0 Å². The van der Waals surface area contributed by atoms with Crippen molar-refractivity contribution in [2.75, 3.05) is 13.7 Å². The second-order valence-electron chi connectivity index (χ2n) is 10.3. The van der Waals surface area contributed by atoms with Crippen molar-refractivity contribution >= 4 is 5.97 Å². The highest BCUT2D eigenvalue weighted by molar-refractivity contribution is 5.76. The minimum absolute atomic E-state index is 0.00159. The SMILES string of the molecule is COC(=O)CC1COc2cc(O[C@@H]3CCc4c3ccc(C(F)(F)F)c4-c3ccc(-c4cc(C(F)(F)F)on4)cc3)ccc21. The predicted molar refractivity (Wildman–Crippen MR) is 140 cm³/mol. The van der Waals surface area contributed by atoms with Crippen molar-refractivity contribution in [2.45, 2.75) is 43.6 Å². The molecular weight excluding hydrogens is 580 g/mol. The van der Waals surface area contributed by atoms with Crippen LogP contribution in [0.15, 0.2) is 65.2 Å². The number of methoxy groups -OCH3 is 1. The first kappa shape index (κ1) is 28.6. The van der Waals surface area contributed by atoms with Gasteiger partial charge in [-0.25, -0.2) is 0 Å². The molecule has 6 rings (SSSR count). The normalized spacial score (nSPS) is 17.7. The van der Waals surface area contributed by atoms with E-state index in [0.29, 0.717) is 42.1 Å². The summed E-state index contributed by atoms with van der Waals surface area (Å²) in [5, 5.41) is 3.44. The Bertz CT molecular complexity index is 1680. The molecule has 43 heavy (non-hydrogen) atoms. The minimum Gasteiger partial charge on any atom is -0.492 e. The molecule has 0 fully saturated rings. The minimum atomic E-state index is -4.71. The van der Waals surface area contributed by atoms with Gasteiger partial charge in [-0.3, -0.25) is 4.79 Å². The van der Waals surface area contributed by atoms with Gasteiger partial charge in [-0.2, -0.15) is 26.3 Å². The average Bonchev–Trinajstić information content (AvgIpc) is 3.71. The Morgan fingerprint density at radius 3 is 2.33 bits per heavy atom. The van der Waals surface area contributed by atoms with Crippen LogP contribution in [0.5, 0.6) is 11.5 Å². The van der Waals surface area contributed by atoms with Crippen molar-refractivity contribution in [3.63, 3.8) is 0 Å². The summed E-state index contributed by atoms with van der Waals surface area (Å²) in [6.07, 6.45) is -8.94. The molecule has 2 aliphatic rings. The van der Waals surface area contributed by atoms with E-state index in [0.717, 1.165) is 17.7 Å². The largest absolute Gasteiger partial charge is 0.492 e. The van der Waals surface area contributed by atoms with E-state index in [-0.39, 0.29) is 40.7 Å². The number of aromatic nitrogens is 1. The summed E-state index contributed by atoms with van der Waals surface area (Å²) in [5.41, 5.74) is 1.58. The highest BCUT2D eigenvalue weighted by Crippen LogP contribution is 2.47. The number of rotatable bonds is 6. The number of halogens is 6. The molecule has 0 saturated carbocycles. The van der Waals surface area contributed by atoms with E-state index in [4.69, 9.17) is 14.2 Å². The first-order valence-corrected chi connectivity index (χ1v) is 13.3. The highest BCUT2D eigenvalue weighted by Gasteiger charge is 2.39. The van der Waals surface area contributed by atoms with Crippen LogP contribution in [0.25, 0.3) is 22.4 Å². The number of esters is 1. The highest BCUT2D eigenvalue weighted by atomic mass is 19.4. The summed E-state index contributed by atoms with van der Waals surface area (Å²) >= 11 is 0. The smallest absolute Gasteiger partial charge is 0.452 e. The van der Waals surface area contributed by atoms with Crippen molar-refractivity contribution in [1.29, 1.82) is 0 Å². The standard InChI is InChI=1S/C31H23F6NO5/c1-40-28(39)12-18-15-41-26-13-19(6-7-20(18)26)42-25-11-9-22-21(25)8-10-23(30(32,33)34)29(22)17-4-2-16(3-5-17)24-14-27(43-38-24)31(35,36)37/h2-8,10,13-14,18,25H,9,11-12,15H2,1H3/t18?,25-/m1/s1. The lowest BCUT2D eigenvalue weighted by Gasteiger charge is -2.20. The molecule has 224 valence electrons. The molecule has 1 aliphatic carbocycles. The number of benzene rings is 3. The van der Waals surface area contributed by atoms with Crippen molar-refractivity contribution in [3.8, 4) is 33.9 Å². The van der Waals surface area contributed by atoms with E-state index in [1.54, 1.807) is 12.1 Å². The topological polar surface area (TPSA) is 70.8 Å². The van der Waals surface area contributed by atoms with Crippen molar-refractivity contribution < 1.29 is 49.9 Å². The van der Waals surface area contributed by atoms with Crippen LogP contribution in [0.3, 0.4) is 0 Å². The first-order chi connectivity index (χ1) is 20.4. The number of carbonyl (C=O) groups excluding carboxylic acids is 1. The molecule has 2 heterocycles. The van der Waals surface area contributed by atoms with Crippen LogP contribution >= 0.6 is 0 Å². The molecular formula is C31H23F6NO5. The predicted octanol–water partition coefficient (Wildman–Crippen LogP) is 8.15. The molecule has 0 amide bonds. The van der Waals surface area contributed by atoms with Gasteiger partial charge in [0.05, 0.1) is 25.7 Å². The summed E-state index contributed by atoms with van der Waals surface area (Å²) < 4.78 is 102. The molecule has 1 aliphatic heterocycles. The maximum absolute atomic E-state index is 14.2. The molecule has 12 heteroatoms. The second kappa shape index (κ2) is 10.7. The van der Waals surface area contributed by atoms with E-state index in [2.05, 4.69) is 9.68 Å². The molecule has 2 atom stereocenters. The van der Waals surface area contributed by atoms with E-state index in [1.165, 1.54) is 37.4 Å². The van der Waals surface area contributed by atoms with Crippen molar-refractivity contribution in [3.05, 3.63) is 88.7 Å². The Labute approximate surface area is 241 Å². The zero-order chi connectivity index (χ0) is 30.5. The summed E-state index contributed by atoms with van der Waals surface area (Å²) in [4.78, 5) is 11.7. The van der Waals surface area contributed by atoms with Crippen LogP contribution in [-0.4, -0.2) is 24.8 Å². The van der Waals surface area contributed by atoms with Crippen LogP contribution in [0.1, 0.15) is 52.9 Å². The molecule has 0 bridgehead atoms. The Hall–Kier alpha value is -4.48. The van der Waals surface area contributed by atoms with E-state index in [1.807, 2.05) is 6.07 Å². The van der Waals surface area contributed by atoms with Crippen molar-refractivity contribution in [2.24, 2.45) is 0 Å². The maximum atomic E-state index is 14.2. The summed E-state index contributed by atoms with van der Waals surface area (Å²) in [6, 6.07) is 14.1. The number of hydrogen-bond acceptors (Lipinski definition) is 6. The molecule has 6 nitrogen and oxygen atoms in total. The van der Waals surface area contributed by atoms with Crippen LogP contribution < -0.4 is 9.47 Å². The maximum Gasteiger partial charge on any atom is 0.452 e. The Morgan fingerprint density at radius 1 is 0.930 bits per heavy atom. The molecule has 1 aromatic heterocycles. The molecule has 0 saturated heterocycles. The third-order valence-corrected chi connectivity index (χ3v) is 7.70. The van der Waals surface area contributed by atoms with Gasteiger partial charge in [-0.15, -0.1) is 0 Å². The van der Waals surface area contributed by atoms with E-state index < -0.39 is 29.8 Å². The van der Waals surface area contributed by atoms with Gasteiger partial charge in [0, 0.05) is 29.2 Å². The third kappa shape index (κ3) is 5.53. The third-order valence-electron chi connectivity index (χ3n) is 7.70. The van der Waals surface area contributed by atoms with E-state index >= 15 is 0 Å². The number of carbonyl (C=O) groups is 1. The van der Waals surface area contributed by atoms with E-state index in [9.17, 15) is 31.1 Å². The number of hydrogen-bond donors (Lipinski definition) is 0. The van der Waals surface area contributed by atoms with Gasteiger partial charge in [0.1, 0.15) is 23.3 Å². The van der Waals surface area contributed by atoms with Gasteiger partial charge < -0.3 is 18.7 Å². The fourth-order valence-corrected chi connectivity index (χ4v) is 5.65. The fraction of sp³-hybridized carbons (Fsp3) is 0.290. The quantitative estimate of drug-likeness (QED) is 0.164. The lowest BCUT2D eigenvalue weighted by molar-refractivity contribution is -0.155. The Balaban J connectivity index is 1.29. The molecule has 4 aromatic rings. The Morgan fingerprint density at radius 2 is 1.65 bits per heavy atom. The summed E-state index contributed by atoms with van der Waals surface area (Å²) in [7, 11) is 1.32. The lowest BCUT2D eigenvalue weighted by Crippen LogP contribution is -2.10. The van der Waals surface area contributed by atoms with Gasteiger partial charge in [0.2, 0.25) is 5.76 Å². The van der Waals surface area contributed by atoms with Crippen LogP contribution in [-0.2, 0) is 28.3 Å². The monoisotopic (exact) mass is 603 g/mol. The second-order valence-corrected chi connectivity index (χ2v) is 10.3. The molecule has 0 radical (unpaired) electrons. The van der Waals surface area contributed by atoms with Gasteiger partial charge in [0.15, 0.2) is 0 Å². The molecule has 0 N–H and O–H groups in total.